The maximum Gasteiger partial charge on any atom is 0.276 e. The Balaban J connectivity index is 1.34. The molecule has 5 rings (SSSR count). The van der Waals surface area contributed by atoms with E-state index in [0.29, 0.717) is 24.2 Å². The number of carbonyl (C=O) groups excluding carboxylic acids is 4. The molecule has 2 aliphatic carbocycles. The highest BCUT2D eigenvalue weighted by molar-refractivity contribution is 6.01. The monoisotopic (exact) mass is 647 g/mol. The van der Waals surface area contributed by atoms with Crippen molar-refractivity contribution in [3.8, 4) is 0 Å². The van der Waals surface area contributed by atoms with Crippen LogP contribution in [0.1, 0.15) is 67.2 Å². The van der Waals surface area contributed by atoms with Crippen molar-refractivity contribution in [3.63, 3.8) is 0 Å². The van der Waals surface area contributed by atoms with Crippen LogP contribution in [0.5, 0.6) is 0 Å². The smallest absolute Gasteiger partial charge is 0.276 e. The lowest BCUT2D eigenvalue weighted by atomic mass is 9.88. The summed E-state index contributed by atoms with van der Waals surface area (Å²) in [6.07, 6.45) is 4.16. The first-order chi connectivity index (χ1) is 22.1. The molecule has 1 aliphatic heterocycles. The summed E-state index contributed by atoms with van der Waals surface area (Å²) in [7, 11) is 0. The van der Waals surface area contributed by atoms with Gasteiger partial charge in [-0.3, -0.25) is 19.2 Å². The minimum Gasteiger partial charge on any atom is -0.341 e. The molecule has 4 N–H and O–H groups in total. The third kappa shape index (κ3) is 7.68. The lowest BCUT2D eigenvalue weighted by Gasteiger charge is -2.36. The molecular weight excluding hydrogens is 607 g/mol. The molecule has 0 bridgehead atoms. The van der Waals surface area contributed by atoms with Crippen molar-refractivity contribution in [1.29, 1.82) is 0 Å². The summed E-state index contributed by atoms with van der Waals surface area (Å²) >= 11 is 0. The van der Waals surface area contributed by atoms with Crippen LogP contribution < -0.4 is 21.3 Å². The zero-order chi connectivity index (χ0) is 33.0. The zero-order valence-electron chi connectivity index (χ0n) is 25.9. The Morgan fingerprint density at radius 3 is 2.39 bits per heavy atom. The predicted octanol–water partition coefficient (Wildman–Crippen LogP) is 2.27. The maximum atomic E-state index is 15.6. The van der Waals surface area contributed by atoms with Gasteiger partial charge in [0, 0.05) is 25.6 Å². The first kappa shape index (κ1) is 33.4. The van der Waals surface area contributed by atoms with Gasteiger partial charge in [-0.05, 0) is 72.7 Å². The Morgan fingerprint density at radius 2 is 1.78 bits per heavy atom. The van der Waals surface area contributed by atoms with Crippen molar-refractivity contribution in [2.45, 2.75) is 70.0 Å². The Bertz CT molecular complexity index is 1420. The molecule has 4 amide bonds. The van der Waals surface area contributed by atoms with Gasteiger partial charge in [0.15, 0.2) is 12.4 Å². The third-order valence-corrected chi connectivity index (χ3v) is 9.13. The zero-order valence-corrected chi connectivity index (χ0v) is 25.9. The van der Waals surface area contributed by atoms with Gasteiger partial charge in [0.05, 0.1) is 11.7 Å². The first-order valence-corrected chi connectivity index (χ1v) is 15.8. The summed E-state index contributed by atoms with van der Waals surface area (Å²) in [6.45, 7) is 2.02. The standard InChI is InChI=1S/C31H40F3N7O5/c1-3-22-27(40-46-39-22)29(43)38-28(25(17-4-5-17)18-6-7-18)30(44)36-23-9-8-19(12-21(23)34)16(2)26(37-24(42)14-33)31(45)41-11-10-35-20(13-32)15-41/h8-9,12,16-18,20,25-26,28,35H,3-7,10-11,13-15H2,1-2H3,(H,36,44)(H,37,42)(H,38,43)/t16-,20+,26+,28-/m0/s1. The van der Waals surface area contributed by atoms with Gasteiger partial charge >= 0.3 is 0 Å². The summed E-state index contributed by atoms with van der Waals surface area (Å²) in [5.74, 6) is -3.90. The molecule has 2 heterocycles. The van der Waals surface area contributed by atoms with Gasteiger partial charge in [0.1, 0.15) is 30.3 Å². The highest BCUT2D eigenvalue weighted by Crippen LogP contribution is 2.51. The number of halogens is 3. The molecular formula is C31H40F3N7O5. The Hall–Kier alpha value is -4.01. The topological polar surface area (TPSA) is 159 Å². The number of alkyl halides is 2. The minimum atomic E-state index is -1.35. The van der Waals surface area contributed by atoms with E-state index in [1.807, 2.05) is 0 Å². The number of carbonyl (C=O) groups is 4. The number of hydrogen-bond donors (Lipinski definition) is 4. The number of aryl methyl sites for hydroxylation is 1. The summed E-state index contributed by atoms with van der Waals surface area (Å²) in [6, 6.07) is 1.25. The fourth-order valence-corrected chi connectivity index (χ4v) is 6.31. The van der Waals surface area contributed by atoms with E-state index in [9.17, 15) is 28.0 Å². The van der Waals surface area contributed by atoms with Crippen LogP contribution in [0.2, 0.25) is 0 Å². The molecule has 250 valence electrons. The number of piperazine rings is 1. The molecule has 1 aromatic heterocycles. The fourth-order valence-electron chi connectivity index (χ4n) is 6.31. The van der Waals surface area contributed by atoms with Crippen molar-refractivity contribution in [2.75, 3.05) is 38.3 Å². The summed E-state index contributed by atoms with van der Waals surface area (Å²) in [4.78, 5) is 53.7. The van der Waals surface area contributed by atoms with Crippen molar-refractivity contribution >= 4 is 29.3 Å². The number of nitrogens with zero attached hydrogens (tertiary/aromatic N) is 3. The lowest BCUT2D eigenvalue weighted by molar-refractivity contribution is -0.138. The Labute approximate surface area is 264 Å². The van der Waals surface area contributed by atoms with E-state index >= 15 is 4.39 Å². The van der Waals surface area contributed by atoms with Gasteiger partial charge in [-0.1, -0.05) is 25.1 Å². The van der Waals surface area contributed by atoms with E-state index in [2.05, 4.69) is 31.6 Å². The second-order valence-electron chi connectivity index (χ2n) is 12.4. The number of aromatic nitrogens is 2. The van der Waals surface area contributed by atoms with E-state index in [-0.39, 0.29) is 42.2 Å². The quantitative estimate of drug-likeness (QED) is 0.243. The van der Waals surface area contributed by atoms with Gasteiger partial charge in [0.2, 0.25) is 11.8 Å². The Kier molecular flexibility index (Phi) is 10.6. The molecule has 3 fully saturated rings. The van der Waals surface area contributed by atoms with Gasteiger partial charge in [-0.2, -0.15) is 0 Å². The molecule has 3 aliphatic rings. The SMILES string of the molecule is CCc1nonc1C(=O)N[C@H](C(=O)Nc1ccc([C@H](C)[C@@H](NC(=O)CF)C(=O)N2CCN[C@H](CF)C2)cc1F)C(C1CC1)C1CC1. The fraction of sp³-hybridized carbons (Fsp3) is 0.613. The minimum absolute atomic E-state index is 0.000138. The number of benzene rings is 1. The van der Waals surface area contributed by atoms with Crippen LogP contribution in [0.3, 0.4) is 0 Å². The molecule has 0 unspecified atom stereocenters. The lowest BCUT2D eigenvalue weighted by Crippen LogP contribution is -2.59. The number of nitrogens with one attached hydrogen (secondary N) is 4. The van der Waals surface area contributed by atoms with Crippen LogP contribution in [0.15, 0.2) is 22.8 Å². The Morgan fingerprint density at radius 1 is 1.07 bits per heavy atom. The van der Waals surface area contributed by atoms with Crippen LogP contribution in [0.25, 0.3) is 0 Å². The van der Waals surface area contributed by atoms with E-state index in [0.717, 1.165) is 31.7 Å². The van der Waals surface area contributed by atoms with Crippen LogP contribution in [-0.2, 0) is 20.8 Å². The maximum absolute atomic E-state index is 15.6. The van der Waals surface area contributed by atoms with Crippen LogP contribution in [-0.4, -0.2) is 90.0 Å². The molecule has 0 radical (unpaired) electrons. The van der Waals surface area contributed by atoms with Crippen LogP contribution >= 0.6 is 0 Å². The third-order valence-electron chi connectivity index (χ3n) is 9.13. The molecule has 0 spiro atoms. The van der Waals surface area contributed by atoms with E-state index < -0.39 is 66.8 Å². The highest BCUT2D eigenvalue weighted by Gasteiger charge is 2.48. The van der Waals surface area contributed by atoms with Crippen molar-refractivity contribution in [1.82, 2.24) is 31.2 Å². The van der Waals surface area contributed by atoms with Crippen molar-refractivity contribution < 1.29 is 37.0 Å². The van der Waals surface area contributed by atoms with E-state index in [4.69, 9.17) is 4.63 Å². The summed E-state index contributed by atoms with van der Waals surface area (Å²) in [5.41, 5.74) is 0.543. The molecule has 2 aromatic rings. The van der Waals surface area contributed by atoms with Gasteiger partial charge < -0.3 is 26.2 Å². The number of hydrogen-bond acceptors (Lipinski definition) is 8. The number of anilines is 1. The van der Waals surface area contributed by atoms with E-state index in [1.165, 1.54) is 17.0 Å². The van der Waals surface area contributed by atoms with Crippen LogP contribution in [0, 0.1) is 23.6 Å². The van der Waals surface area contributed by atoms with Crippen LogP contribution in [0.4, 0.5) is 18.9 Å². The normalized spacial score (nSPS) is 20.1. The molecule has 46 heavy (non-hydrogen) atoms. The average Bonchev–Trinajstić information content (AvgIpc) is 4.02. The molecule has 1 aromatic carbocycles. The second-order valence-corrected chi connectivity index (χ2v) is 12.4. The second kappa shape index (κ2) is 14.6. The molecule has 15 heteroatoms. The molecule has 12 nitrogen and oxygen atoms in total. The first-order valence-electron chi connectivity index (χ1n) is 15.8. The van der Waals surface area contributed by atoms with Gasteiger partial charge in [-0.15, -0.1) is 0 Å². The number of amides is 4. The van der Waals surface area contributed by atoms with Crippen molar-refractivity contribution in [3.05, 3.63) is 41.0 Å². The van der Waals surface area contributed by atoms with Gasteiger partial charge in [-0.25, -0.2) is 17.8 Å². The predicted molar refractivity (Wildman–Crippen MR) is 160 cm³/mol. The number of rotatable bonds is 14. The molecule has 2 saturated carbocycles. The largest absolute Gasteiger partial charge is 0.341 e. The average molecular weight is 648 g/mol. The molecule has 4 atom stereocenters. The summed E-state index contributed by atoms with van der Waals surface area (Å²) < 4.78 is 46.8. The van der Waals surface area contributed by atoms with Crippen molar-refractivity contribution in [2.24, 2.45) is 17.8 Å². The van der Waals surface area contributed by atoms with Gasteiger partial charge in [0.25, 0.3) is 11.8 Å². The summed E-state index contributed by atoms with van der Waals surface area (Å²) in [5, 5.41) is 18.3. The highest BCUT2D eigenvalue weighted by atomic mass is 19.1. The molecule has 1 saturated heterocycles. The van der Waals surface area contributed by atoms with E-state index in [1.54, 1.807) is 13.8 Å².